The van der Waals surface area contributed by atoms with Crippen LogP contribution in [0, 0.1) is 24.1 Å². The summed E-state index contributed by atoms with van der Waals surface area (Å²) in [6.45, 7) is 1.77. The van der Waals surface area contributed by atoms with Crippen molar-refractivity contribution in [1.82, 2.24) is 5.43 Å². The van der Waals surface area contributed by atoms with Crippen molar-refractivity contribution in [2.45, 2.75) is 13.5 Å². The van der Waals surface area contributed by atoms with E-state index in [-0.39, 0.29) is 23.7 Å². The van der Waals surface area contributed by atoms with E-state index in [0.717, 1.165) is 6.07 Å². The number of carbonyl (C=O) groups is 1. The summed E-state index contributed by atoms with van der Waals surface area (Å²) in [4.78, 5) is 11.3. The van der Waals surface area contributed by atoms with Crippen LogP contribution in [0.25, 0.3) is 0 Å². The van der Waals surface area contributed by atoms with Gasteiger partial charge in [0.1, 0.15) is 30.0 Å². The molecule has 1 amide bonds. The Morgan fingerprint density at radius 2 is 2.29 bits per heavy atom. The fraction of sp³-hybridized carbons (Fsp3) is 0.143. The van der Waals surface area contributed by atoms with Crippen molar-refractivity contribution in [2.24, 2.45) is 5.84 Å². The zero-order valence-electron chi connectivity index (χ0n) is 11.1. The van der Waals surface area contributed by atoms with Crippen LogP contribution in [0.4, 0.5) is 4.39 Å². The van der Waals surface area contributed by atoms with Crippen molar-refractivity contribution < 1.29 is 18.3 Å². The molecule has 0 saturated carbocycles. The van der Waals surface area contributed by atoms with E-state index in [1.165, 1.54) is 18.2 Å². The molecule has 0 aliphatic heterocycles. The number of hydrazine groups is 1. The van der Waals surface area contributed by atoms with Gasteiger partial charge in [0.2, 0.25) is 0 Å². The number of nitrogens with one attached hydrogen (secondary N) is 1. The van der Waals surface area contributed by atoms with Gasteiger partial charge in [-0.3, -0.25) is 10.2 Å². The van der Waals surface area contributed by atoms with Gasteiger partial charge in [0.25, 0.3) is 0 Å². The number of nitrogens with two attached hydrogens (primary N) is 1. The molecule has 7 heteroatoms. The summed E-state index contributed by atoms with van der Waals surface area (Å²) >= 11 is 0. The van der Waals surface area contributed by atoms with Crippen LogP contribution in [0.2, 0.25) is 0 Å². The summed E-state index contributed by atoms with van der Waals surface area (Å²) in [7, 11) is 0. The SMILES string of the molecule is Cc1oc(C(=O)NN)cc1COc1ccc(C#N)c(F)c1. The maximum atomic E-state index is 13.4. The van der Waals surface area contributed by atoms with E-state index in [4.69, 9.17) is 20.3 Å². The first-order valence-corrected chi connectivity index (χ1v) is 5.98. The van der Waals surface area contributed by atoms with E-state index in [1.807, 2.05) is 5.43 Å². The summed E-state index contributed by atoms with van der Waals surface area (Å²) in [5, 5.41) is 8.64. The van der Waals surface area contributed by atoms with Gasteiger partial charge in [-0.2, -0.15) is 5.26 Å². The predicted molar refractivity (Wildman–Crippen MR) is 70.5 cm³/mol. The Labute approximate surface area is 119 Å². The molecule has 0 aliphatic carbocycles. The molecule has 1 aromatic carbocycles. The minimum Gasteiger partial charge on any atom is -0.489 e. The van der Waals surface area contributed by atoms with E-state index < -0.39 is 11.7 Å². The molecule has 3 N–H and O–H groups in total. The first-order valence-electron chi connectivity index (χ1n) is 5.98. The fourth-order valence-corrected chi connectivity index (χ4v) is 1.68. The Bertz CT molecular complexity index is 719. The third kappa shape index (κ3) is 3.19. The Hall–Kier alpha value is -2.85. The van der Waals surface area contributed by atoms with Gasteiger partial charge in [-0.25, -0.2) is 10.2 Å². The first kappa shape index (κ1) is 14.6. The summed E-state index contributed by atoms with van der Waals surface area (Å²) in [6.07, 6.45) is 0. The minimum absolute atomic E-state index is 0.0521. The van der Waals surface area contributed by atoms with Crippen LogP contribution < -0.4 is 16.0 Å². The zero-order chi connectivity index (χ0) is 15.4. The smallest absolute Gasteiger partial charge is 0.300 e. The summed E-state index contributed by atoms with van der Waals surface area (Å²) in [6, 6.07) is 7.17. The molecule has 0 aliphatic rings. The average Bonchev–Trinajstić information content (AvgIpc) is 2.85. The van der Waals surface area contributed by atoms with Gasteiger partial charge in [-0.1, -0.05) is 0 Å². The Kier molecular flexibility index (Phi) is 4.21. The van der Waals surface area contributed by atoms with Crippen LogP contribution in [0.3, 0.4) is 0 Å². The van der Waals surface area contributed by atoms with Crippen molar-refractivity contribution in [3.05, 3.63) is 52.7 Å². The van der Waals surface area contributed by atoms with E-state index in [2.05, 4.69) is 0 Å². The van der Waals surface area contributed by atoms with Crippen molar-refractivity contribution in [3.63, 3.8) is 0 Å². The lowest BCUT2D eigenvalue weighted by atomic mass is 10.2. The van der Waals surface area contributed by atoms with Gasteiger partial charge >= 0.3 is 5.91 Å². The molecule has 1 aromatic heterocycles. The Balaban J connectivity index is 2.10. The minimum atomic E-state index is -0.651. The third-order valence-corrected chi connectivity index (χ3v) is 2.83. The van der Waals surface area contributed by atoms with Crippen LogP contribution in [-0.4, -0.2) is 5.91 Å². The molecular formula is C14H12FN3O3. The maximum absolute atomic E-state index is 13.4. The van der Waals surface area contributed by atoms with E-state index in [9.17, 15) is 9.18 Å². The summed E-state index contributed by atoms with van der Waals surface area (Å²) in [5.41, 5.74) is 2.55. The second-order valence-electron chi connectivity index (χ2n) is 4.21. The molecule has 2 aromatic rings. The monoisotopic (exact) mass is 289 g/mol. The number of furan rings is 1. The number of carbonyl (C=O) groups excluding carboxylic acids is 1. The highest BCUT2D eigenvalue weighted by atomic mass is 19.1. The average molecular weight is 289 g/mol. The number of ether oxygens (including phenoxy) is 1. The largest absolute Gasteiger partial charge is 0.489 e. The number of hydrogen-bond donors (Lipinski definition) is 2. The second-order valence-corrected chi connectivity index (χ2v) is 4.21. The molecule has 1 heterocycles. The Morgan fingerprint density at radius 3 is 2.90 bits per heavy atom. The van der Waals surface area contributed by atoms with Crippen molar-refractivity contribution in [1.29, 1.82) is 5.26 Å². The van der Waals surface area contributed by atoms with E-state index >= 15 is 0 Å². The van der Waals surface area contributed by atoms with Gasteiger partial charge in [0.05, 0.1) is 5.56 Å². The molecule has 0 saturated heterocycles. The van der Waals surface area contributed by atoms with Crippen molar-refractivity contribution in [2.75, 3.05) is 0 Å². The highest BCUT2D eigenvalue weighted by molar-refractivity contribution is 5.91. The number of halogens is 1. The molecular weight excluding hydrogens is 277 g/mol. The highest BCUT2D eigenvalue weighted by Gasteiger charge is 2.14. The standard InChI is InChI=1S/C14H12FN3O3/c1-8-10(4-13(21-8)14(19)18-17)7-20-11-3-2-9(6-16)12(15)5-11/h2-5H,7,17H2,1H3,(H,18,19). The van der Waals surface area contributed by atoms with Gasteiger partial charge in [-0.05, 0) is 25.1 Å². The molecule has 0 atom stereocenters. The molecule has 108 valence electrons. The lowest BCUT2D eigenvalue weighted by molar-refractivity contribution is 0.0924. The number of aryl methyl sites for hydroxylation is 1. The van der Waals surface area contributed by atoms with Crippen LogP contribution in [0.15, 0.2) is 28.7 Å². The predicted octanol–water partition coefficient (Wildman–Crippen LogP) is 1.78. The lowest BCUT2D eigenvalue weighted by Gasteiger charge is -2.05. The van der Waals surface area contributed by atoms with Gasteiger partial charge in [0.15, 0.2) is 5.76 Å². The van der Waals surface area contributed by atoms with Crippen LogP contribution in [0.1, 0.15) is 27.4 Å². The number of rotatable bonds is 4. The number of nitrogens with zero attached hydrogens (tertiary/aromatic N) is 1. The number of nitrogen functional groups attached to an aromatic ring is 1. The molecule has 0 spiro atoms. The van der Waals surface area contributed by atoms with Gasteiger partial charge < -0.3 is 9.15 Å². The molecule has 0 bridgehead atoms. The van der Waals surface area contributed by atoms with E-state index in [1.54, 1.807) is 13.0 Å². The molecule has 2 rings (SSSR count). The fourth-order valence-electron chi connectivity index (χ4n) is 1.68. The quantitative estimate of drug-likeness (QED) is 0.507. The summed E-state index contributed by atoms with van der Waals surface area (Å²) < 4.78 is 24.1. The normalized spacial score (nSPS) is 10.0. The number of hydrogen-bond acceptors (Lipinski definition) is 5. The van der Waals surface area contributed by atoms with E-state index in [0.29, 0.717) is 11.3 Å². The van der Waals surface area contributed by atoms with Crippen LogP contribution in [0.5, 0.6) is 5.75 Å². The summed E-state index contributed by atoms with van der Waals surface area (Å²) in [5.74, 6) is 4.66. The van der Waals surface area contributed by atoms with Gasteiger partial charge in [0, 0.05) is 11.6 Å². The molecule has 0 fully saturated rings. The molecule has 21 heavy (non-hydrogen) atoms. The number of nitriles is 1. The lowest BCUT2D eigenvalue weighted by Crippen LogP contribution is -2.29. The first-order chi connectivity index (χ1) is 10.0. The second kappa shape index (κ2) is 6.07. The zero-order valence-corrected chi connectivity index (χ0v) is 11.1. The van der Waals surface area contributed by atoms with Crippen molar-refractivity contribution >= 4 is 5.91 Å². The molecule has 0 unspecified atom stereocenters. The highest BCUT2D eigenvalue weighted by Crippen LogP contribution is 2.20. The Morgan fingerprint density at radius 1 is 1.52 bits per heavy atom. The van der Waals surface area contributed by atoms with Crippen LogP contribution >= 0.6 is 0 Å². The maximum Gasteiger partial charge on any atom is 0.300 e. The third-order valence-electron chi connectivity index (χ3n) is 2.83. The topological polar surface area (TPSA) is 101 Å². The number of amides is 1. The molecule has 6 nitrogen and oxygen atoms in total. The number of benzene rings is 1. The van der Waals surface area contributed by atoms with Crippen molar-refractivity contribution in [3.8, 4) is 11.8 Å². The molecule has 0 radical (unpaired) electrons. The van der Waals surface area contributed by atoms with Crippen LogP contribution in [-0.2, 0) is 6.61 Å². The van der Waals surface area contributed by atoms with Gasteiger partial charge in [-0.15, -0.1) is 0 Å².